The molecule has 24 heavy (non-hydrogen) atoms. The van der Waals surface area contributed by atoms with E-state index < -0.39 is 0 Å². The predicted octanol–water partition coefficient (Wildman–Crippen LogP) is 4.68. The normalized spacial score (nSPS) is 11.5. The summed E-state index contributed by atoms with van der Waals surface area (Å²) in [4.78, 5) is 20.0. The molecule has 4 rings (SSSR count). The number of fused-ring (bicyclic) bond motifs is 2. The van der Waals surface area contributed by atoms with Crippen molar-refractivity contribution < 1.29 is 9.21 Å². The van der Waals surface area contributed by atoms with Gasteiger partial charge in [0.05, 0.1) is 0 Å². The molecule has 5 nitrogen and oxygen atoms in total. The highest BCUT2D eigenvalue weighted by atomic mass is 16.3. The van der Waals surface area contributed by atoms with Gasteiger partial charge in [0.1, 0.15) is 5.52 Å². The van der Waals surface area contributed by atoms with Gasteiger partial charge in [0.15, 0.2) is 11.5 Å². The maximum absolute atomic E-state index is 12.5. The monoisotopic (exact) mass is 319 g/mol. The lowest BCUT2D eigenvalue weighted by Gasteiger charge is -2.05. The molecule has 0 aliphatic rings. The van der Waals surface area contributed by atoms with Crippen molar-refractivity contribution in [1.82, 2.24) is 9.97 Å². The maximum atomic E-state index is 12.5. The number of hydrogen-bond acceptors (Lipinski definition) is 3. The molecule has 0 fully saturated rings. The number of amides is 1. The number of benzene rings is 2. The zero-order valence-corrected chi connectivity index (χ0v) is 13.5. The summed E-state index contributed by atoms with van der Waals surface area (Å²) in [5, 5.41) is 3.98. The van der Waals surface area contributed by atoms with Gasteiger partial charge >= 0.3 is 0 Å². The molecule has 0 aliphatic carbocycles. The number of carbonyl (C=O) groups is 1. The van der Waals surface area contributed by atoms with Crippen LogP contribution in [-0.2, 0) is 0 Å². The minimum atomic E-state index is -0.158. The van der Waals surface area contributed by atoms with Gasteiger partial charge in [-0.15, -0.1) is 0 Å². The van der Waals surface area contributed by atoms with Crippen LogP contribution in [0.2, 0.25) is 0 Å². The van der Waals surface area contributed by atoms with Crippen molar-refractivity contribution in [3.8, 4) is 0 Å². The number of nitrogens with zero attached hydrogens (tertiary/aromatic N) is 1. The van der Waals surface area contributed by atoms with Crippen LogP contribution in [0.5, 0.6) is 0 Å². The predicted molar refractivity (Wildman–Crippen MR) is 94.3 cm³/mol. The van der Waals surface area contributed by atoms with Crippen molar-refractivity contribution >= 4 is 33.6 Å². The van der Waals surface area contributed by atoms with Crippen molar-refractivity contribution in [3.63, 3.8) is 0 Å². The Bertz CT molecular complexity index is 1040. The Morgan fingerprint density at radius 2 is 2.04 bits per heavy atom. The van der Waals surface area contributed by atoms with Gasteiger partial charge in [0, 0.05) is 34.9 Å². The molecule has 0 radical (unpaired) electrons. The molecule has 0 aliphatic heterocycles. The summed E-state index contributed by atoms with van der Waals surface area (Å²) in [5.41, 5.74) is 3.70. The maximum Gasteiger partial charge on any atom is 0.255 e. The van der Waals surface area contributed by atoms with Crippen molar-refractivity contribution in [1.29, 1.82) is 0 Å². The summed E-state index contributed by atoms with van der Waals surface area (Å²) in [6, 6.07) is 13.0. The molecule has 0 spiro atoms. The van der Waals surface area contributed by atoms with Gasteiger partial charge in [0.25, 0.3) is 5.91 Å². The Balaban J connectivity index is 1.61. The van der Waals surface area contributed by atoms with Gasteiger partial charge in [0.2, 0.25) is 0 Å². The van der Waals surface area contributed by atoms with Crippen LogP contribution >= 0.6 is 0 Å². The van der Waals surface area contributed by atoms with Crippen LogP contribution < -0.4 is 5.32 Å². The number of aromatic amines is 1. The third-order valence-electron chi connectivity index (χ3n) is 3.97. The first-order chi connectivity index (χ1) is 11.6. The van der Waals surface area contributed by atoms with E-state index in [1.165, 1.54) is 0 Å². The Kier molecular flexibility index (Phi) is 3.34. The topological polar surface area (TPSA) is 70.9 Å². The van der Waals surface area contributed by atoms with Gasteiger partial charge in [-0.05, 0) is 35.7 Å². The fourth-order valence-corrected chi connectivity index (χ4v) is 2.66. The molecule has 0 unspecified atom stereocenters. The number of aromatic nitrogens is 2. The fourth-order valence-electron chi connectivity index (χ4n) is 2.66. The number of hydrogen-bond donors (Lipinski definition) is 2. The number of H-pyrrole nitrogens is 1. The quantitative estimate of drug-likeness (QED) is 0.575. The van der Waals surface area contributed by atoms with Crippen LogP contribution in [0.1, 0.15) is 36.0 Å². The van der Waals surface area contributed by atoms with Crippen molar-refractivity contribution in [3.05, 3.63) is 60.1 Å². The third kappa shape index (κ3) is 2.54. The number of rotatable bonds is 3. The molecule has 2 aromatic carbocycles. The third-order valence-corrected chi connectivity index (χ3v) is 3.97. The lowest BCUT2D eigenvalue weighted by Crippen LogP contribution is -2.11. The van der Waals surface area contributed by atoms with E-state index in [1.54, 1.807) is 6.07 Å². The Hall–Kier alpha value is -3.08. The molecule has 0 bridgehead atoms. The largest absolute Gasteiger partial charge is 0.440 e. The van der Waals surface area contributed by atoms with E-state index in [9.17, 15) is 4.79 Å². The number of oxazole rings is 1. The summed E-state index contributed by atoms with van der Waals surface area (Å²) in [6.45, 7) is 4.06. The minimum absolute atomic E-state index is 0.158. The molecule has 5 heteroatoms. The van der Waals surface area contributed by atoms with Crippen molar-refractivity contribution in [2.75, 3.05) is 5.32 Å². The van der Waals surface area contributed by atoms with E-state index in [0.717, 1.165) is 16.4 Å². The first-order valence-electron chi connectivity index (χ1n) is 7.89. The van der Waals surface area contributed by atoms with Crippen LogP contribution in [0.15, 0.2) is 53.1 Å². The fraction of sp³-hybridized carbons (Fsp3) is 0.158. The number of carbonyl (C=O) groups excluding carboxylic acids is 1. The second-order valence-corrected chi connectivity index (χ2v) is 6.12. The first-order valence-corrected chi connectivity index (χ1v) is 7.89. The van der Waals surface area contributed by atoms with E-state index in [4.69, 9.17) is 4.42 Å². The molecular formula is C19H17N3O2. The summed E-state index contributed by atoms with van der Waals surface area (Å²) in [7, 11) is 0. The molecule has 1 amide bonds. The molecule has 120 valence electrons. The van der Waals surface area contributed by atoms with Crippen molar-refractivity contribution in [2.24, 2.45) is 0 Å². The molecular weight excluding hydrogens is 302 g/mol. The molecule has 2 N–H and O–H groups in total. The van der Waals surface area contributed by atoms with Crippen LogP contribution in [0, 0.1) is 0 Å². The Labute approximate surface area is 138 Å². The Morgan fingerprint density at radius 1 is 1.17 bits per heavy atom. The summed E-state index contributed by atoms with van der Waals surface area (Å²) in [6.07, 6.45) is 1.86. The van der Waals surface area contributed by atoms with E-state index in [1.807, 2.05) is 56.4 Å². The highest BCUT2D eigenvalue weighted by Crippen LogP contribution is 2.24. The van der Waals surface area contributed by atoms with Crippen molar-refractivity contribution in [2.45, 2.75) is 19.8 Å². The van der Waals surface area contributed by atoms with Gasteiger partial charge < -0.3 is 14.7 Å². The average Bonchev–Trinajstić information content (AvgIpc) is 3.20. The van der Waals surface area contributed by atoms with Crippen LogP contribution in [0.3, 0.4) is 0 Å². The number of nitrogens with one attached hydrogen (secondary N) is 2. The number of anilines is 1. The molecule has 2 heterocycles. The SMILES string of the molecule is CC(C)c1nc2ccc(NC(=O)c3ccc4cc[nH]c4c3)cc2o1. The Morgan fingerprint density at radius 3 is 2.88 bits per heavy atom. The van der Waals surface area contributed by atoms with Gasteiger partial charge in [-0.1, -0.05) is 19.9 Å². The van der Waals surface area contributed by atoms with Gasteiger partial charge in [-0.3, -0.25) is 4.79 Å². The van der Waals surface area contributed by atoms with Gasteiger partial charge in [-0.25, -0.2) is 4.98 Å². The van der Waals surface area contributed by atoms with Crippen LogP contribution in [0.4, 0.5) is 5.69 Å². The lowest BCUT2D eigenvalue weighted by atomic mass is 10.1. The van der Waals surface area contributed by atoms with Gasteiger partial charge in [-0.2, -0.15) is 0 Å². The van der Waals surface area contributed by atoms with Crippen LogP contribution in [-0.4, -0.2) is 15.9 Å². The van der Waals surface area contributed by atoms with E-state index in [2.05, 4.69) is 15.3 Å². The smallest absolute Gasteiger partial charge is 0.255 e. The first kappa shape index (κ1) is 14.5. The second kappa shape index (κ2) is 5.53. The molecule has 0 atom stereocenters. The molecule has 0 saturated carbocycles. The van der Waals surface area contributed by atoms with E-state index in [0.29, 0.717) is 22.7 Å². The highest BCUT2D eigenvalue weighted by Gasteiger charge is 2.12. The minimum Gasteiger partial charge on any atom is -0.440 e. The summed E-state index contributed by atoms with van der Waals surface area (Å²) < 4.78 is 5.74. The summed E-state index contributed by atoms with van der Waals surface area (Å²) in [5.74, 6) is 0.767. The zero-order valence-electron chi connectivity index (χ0n) is 13.5. The molecule has 4 aromatic rings. The standard InChI is InChI=1S/C19H17N3O2/c1-11(2)19-22-15-6-5-14(10-17(15)24-19)21-18(23)13-4-3-12-7-8-20-16(12)9-13/h3-11,20H,1-2H3,(H,21,23). The zero-order chi connectivity index (χ0) is 16.7. The van der Waals surface area contributed by atoms with Crippen LogP contribution in [0.25, 0.3) is 22.0 Å². The van der Waals surface area contributed by atoms with E-state index in [-0.39, 0.29) is 11.8 Å². The summed E-state index contributed by atoms with van der Waals surface area (Å²) >= 11 is 0. The van der Waals surface area contributed by atoms with E-state index >= 15 is 0 Å². The molecule has 0 saturated heterocycles. The highest BCUT2D eigenvalue weighted by molar-refractivity contribution is 6.06. The lowest BCUT2D eigenvalue weighted by molar-refractivity contribution is 0.102. The molecule has 2 aromatic heterocycles. The average molecular weight is 319 g/mol. The second-order valence-electron chi connectivity index (χ2n) is 6.12.